The summed E-state index contributed by atoms with van der Waals surface area (Å²) in [5.74, 6) is -0.821. The quantitative estimate of drug-likeness (QED) is 0.593. The minimum atomic E-state index is -0.945. The summed E-state index contributed by atoms with van der Waals surface area (Å²) in [6.45, 7) is 3.49. The minimum Gasteiger partial charge on any atom is -0.480 e. The maximum Gasteiger partial charge on any atom is 0.329 e. The van der Waals surface area contributed by atoms with Crippen molar-refractivity contribution in [3.8, 4) is 0 Å². The van der Waals surface area contributed by atoms with Crippen LogP contribution in [0.1, 0.15) is 19.8 Å². The van der Waals surface area contributed by atoms with Crippen LogP contribution in [0.2, 0.25) is 0 Å². The third kappa shape index (κ3) is 1.84. The van der Waals surface area contributed by atoms with Crippen LogP contribution in [-0.4, -0.2) is 35.6 Å². The standard InChI is InChI=1S/C10H16N2O3/c1-6-4-11-5-7(6)8(13)12-10(2-3-10)9(14)15/h6-7,11H,2-5H2,1H3,(H,12,13)(H,14,15)/t6-,7-/m1/s1. The lowest BCUT2D eigenvalue weighted by molar-refractivity contribution is -0.143. The number of hydrogen-bond acceptors (Lipinski definition) is 3. The van der Waals surface area contributed by atoms with E-state index in [0.29, 0.717) is 19.4 Å². The van der Waals surface area contributed by atoms with Gasteiger partial charge in [0, 0.05) is 6.54 Å². The van der Waals surface area contributed by atoms with Gasteiger partial charge in [-0.05, 0) is 25.3 Å². The molecule has 5 nitrogen and oxygen atoms in total. The lowest BCUT2D eigenvalue weighted by atomic mass is 9.97. The molecule has 1 aliphatic heterocycles. The van der Waals surface area contributed by atoms with Gasteiger partial charge in [0.15, 0.2) is 0 Å². The van der Waals surface area contributed by atoms with Gasteiger partial charge in [0.2, 0.25) is 5.91 Å². The molecule has 0 bridgehead atoms. The summed E-state index contributed by atoms with van der Waals surface area (Å²) in [5.41, 5.74) is -0.945. The Balaban J connectivity index is 1.95. The molecule has 5 heteroatoms. The molecule has 15 heavy (non-hydrogen) atoms. The van der Waals surface area contributed by atoms with Crippen LogP contribution in [0, 0.1) is 11.8 Å². The molecule has 1 saturated heterocycles. The first-order chi connectivity index (χ1) is 7.05. The fourth-order valence-corrected chi connectivity index (χ4v) is 2.01. The van der Waals surface area contributed by atoms with E-state index in [1.54, 1.807) is 0 Å². The fourth-order valence-electron chi connectivity index (χ4n) is 2.01. The summed E-state index contributed by atoms with van der Waals surface area (Å²) in [7, 11) is 0. The van der Waals surface area contributed by atoms with Crippen molar-refractivity contribution in [2.75, 3.05) is 13.1 Å². The van der Waals surface area contributed by atoms with Crippen LogP contribution >= 0.6 is 0 Å². The first-order valence-corrected chi connectivity index (χ1v) is 5.31. The fraction of sp³-hybridized carbons (Fsp3) is 0.800. The van der Waals surface area contributed by atoms with Crippen molar-refractivity contribution in [3.63, 3.8) is 0 Å². The highest BCUT2D eigenvalue weighted by Crippen LogP contribution is 2.36. The zero-order valence-corrected chi connectivity index (χ0v) is 8.75. The normalized spacial score (nSPS) is 32.3. The number of rotatable bonds is 3. The number of carboxylic acid groups (broad SMARTS) is 1. The van der Waals surface area contributed by atoms with Gasteiger partial charge in [-0.3, -0.25) is 4.79 Å². The van der Waals surface area contributed by atoms with E-state index in [0.717, 1.165) is 6.54 Å². The van der Waals surface area contributed by atoms with Crippen molar-refractivity contribution >= 4 is 11.9 Å². The predicted octanol–water partition coefficient (Wildman–Crippen LogP) is -0.425. The van der Waals surface area contributed by atoms with Crippen LogP contribution in [0.4, 0.5) is 0 Å². The Kier molecular flexibility index (Phi) is 2.42. The molecule has 0 unspecified atom stereocenters. The van der Waals surface area contributed by atoms with Gasteiger partial charge in [0.1, 0.15) is 5.54 Å². The Bertz CT molecular complexity index is 299. The van der Waals surface area contributed by atoms with Gasteiger partial charge in [0.25, 0.3) is 0 Å². The smallest absolute Gasteiger partial charge is 0.329 e. The maximum absolute atomic E-state index is 11.8. The monoisotopic (exact) mass is 212 g/mol. The van der Waals surface area contributed by atoms with E-state index in [1.165, 1.54) is 0 Å². The highest BCUT2D eigenvalue weighted by atomic mass is 16.4. The van der Waals surface area contributed by atoms with E-state index < -0.39 is 11.5 Å². The molecule has 3 N–H and O–H groups in total. The average Bonchev–Trinajstić information content (AvgIpc) is 2.82. The number of amides is 1. The van der Waals surface area contributed by atoms with Crippen molar-refractivity contribution < 1.29 is 14.7 Å². The van der Waals surface area contributed by atoms with Crippen LogP contribution in [-0.2, 0) is 9.59 Å². The van der Waals surface area contributed by atoms with E-state index in [4.69, 9.17) is 5.11 Å². The maximum atomic E-state index is 11.8. The predicted molar refractivity (Wildman–Crippen MR) is 53.3 cm³/mol. The van der Waals surface area contributed by atoms with E-state index >= 15 is 0 Å². The second kappa shape index (κ2) is 3.48. The second-order valence-corrected chi connectivity index (χ2v) is 4.62. The van der Waals surface area contributed by atoms with Gasteiger partial charge in [0.05, 0.1) is 5.92 Å². The Labute approximate surface area is 88.2 Å². The van der Waals surface area contributed by atoms with Gasteiger partial charge in [-0.15, -0.1) is 0 Å². The third-order valence-corrected chi connectivity index (χ3v) is 3.38. The number of carbonyl (C=O) groups excluding carboxylic acids is 1. The Hall–Kier alpha value is -1.10. The zero-order valence-electron chi connectivity index (χ0n) is 8.75. The highest BCUT2D eigenvalue weighted by molar-refractivity contribution is 5.90. The summed E-state index contributed by atoms with van der Waals surface area (Å²) in [5, 5.41) is 14.7. The molecule has 84 valence electrons. The van der Waals surface area contributed by atoms with Crippen molar-refractivity contribution in [1.29, 1.82) is 0 Å². The zero-order chi connectivity index (χ0) is 11.1. The molecule has 2 fully saturated rings. The molecule has 1 aliphatic carbocycles. The Morgan fingerprint density at radius 3 is 2.47 bits per heavy atom. The molecule has 1 amide bonds. The molecule has 2 rings (SSSR count). The second-order valence-electron chi connectivity index (χ2n) is 4.62. The number of carboxylic acids is 1. The molecule has 0 spiro atoms. The van der Waals surface area contributed by atoms with Gasteiger partial charge in [-0.1, -0.05) is 6.92 Å². The van der Waals surface area contributed by atoms with Gasteiger partial charge >= 0.3 is 5.97 Å². The molecular formula is C10H16N2O3. The molecule has 1 heterocycles. The minimum absolute atomic E-state index is 0.0816. The third-order valence-electron chi connectivity index (χ3n) is 3.38. The highest BCUT2D eigenvalue weighted by Gasteiger charge is 2.52. The molecular weight excluding hydrogens is 196 g/mol. The first-order valence-electron chi connectivity index (χ1n) is 5.31. The SMILES string of the molecule is C[C@@H]1CNC[C@H]1C(=O)NC1(C(=O)O)CC1. The average molecular weight is 212 g/mol. The van der Waals surface area contributed by atoms with Crippen LogP contribution in [0.5, 0.6) is 0 Å². The largest absolute Gasteiger partial charge is 0.480 e. The number of aliphatic carboxylic acids is 1. The molecule has 0 aromatic carbocycles. The number of nitrogens with one attached hydrogen (secondary N) is 2. The Morgan fingerprint density at radius 2 is 2.07 bits per heavy atom. The van der Waals surface area contributed by atoms with Gasteiger partial charge in [-0.25, -0.2) is 4.79 Å². The summed E-state index contributed by atoms with van der Waals surface area (Å²) < 4.78 is 0. The van der Waals surface area contributed by atoms with E-state index in [2.05, 4.69) is 10.6 Å². The van der Waals surface area contributed by atoms with E-state index in [9.17, 15) is 9.59 Å². The molecule has 2 aliphatic rings. The topological polar surface area (TPSA) is 78.4 Å². The van der Waals surface area contributed by atoms with Crippen molar-refractivity contribution in [1.82, 2.24) is 10.6 Å². The van der Waals surface area contributed by atoms with Crippen molar-refractivity contribution in [2.24, 2.45) is 11.8 Å². The van der Waals surface area contributed by atoms with Gasteiger partial charge < -0.3 is 15.7 Å². The lowest BCUT2D eigenvalue weighted by Gasteiger charge is -2.18. The van der Waals surface area contributed by atoms with Crippen molar-refractivity contribution in [2.45, 2.75) is 25.3 Å². The molecule has 0 aromatic heterocycles. The number of carbonyl (C=O) groups is 2. The molecule has 0 aromatic rings. The molecule has 0 radical (unpaired) electrons. The van der Waals surface area contributed by atoms with Crippen molar-refractivity contribution in [3.05, 3.63) is 0 Å². The lowest BCUT2D eigenvalue weighted by Crippen LogP contribution is -2.47. The first kappa shape index (κ1) is 10.4. The van der Waals surface area contributed by atoms with Crippen LogP contribution in [0.15, 0.2) is 0 Å². The number of hydrogen-bond donors (Lipinski definition) is 3. The van der Waals surface area contributed by atoms with Crippen LogP contribution in [0.3, 0.4) is 0 Å². The molecule has 1 saturated carbocycles. The Morgan fingerprint density at radius 1 is 1.40 bits per heavy atom. The summed E-state index contributed by atoms with van der Waals surface area (Å²) in [6.07, 6.45) is 1.12. The summed E-state index contributed by atoms with van der Waals surface area (Å²) >= 11 is 0. The molecule has 2 atom stereocenters. The summed E-state index contributed by atoms with van der Waals surface area (Å²) in [6, 6.07) is 0. The summed E-state index contributed by atoms with van der Waals surface area (Å²) in [4.78, 5) is 22.7. The van der Waals surface area contributed by atoms with E-state index in [1.807, 2.05) is 6.92 Å². The van der Waals surface area contributed by atoms with Gasteiger partial charge in [-0.2, -0.15) is 0 Å². The van der Waals surface area contributed by atoms with Crippen LogP contribution < -0.4 is 10.6 Å². The van der Waals surface area contributed by atoms with Crippen LogP contribution in [0.25, 0.3) is 0 Å². The van der Waals surface area contributed by atoms with E-state index in [-0.39, 0.29) is 17.7 Å².